The number of nitrogens with zero attached hydrogens (tertiary/aromatic N) is 3. The Labute approximate surface area is 171 Å². The summed E-state index contributed by atoms with van der Waals surface area (Å²) < 4.78 is 0. The molecule has 2 aromatic carbocycles. The first-order valence-corrected chi connectivity index (χ1v) is 9.35. The third-order valence-corrected chi connectivity index (χ3v) is 5.21. The van der Waals surface area contributed by atoms with Crippen LogP contribution in [0.25, 0.3) is 11.3 Å². The molecule has 1 aliphatic heterocycles. The van der Waals surface area contributed by atoms with E-state index in [4.69, 9.17) is 0 Å². The van der Waals surface area contributed by atoms with Crippen LogP contribution >= 0.6 is 0 Å². The lowest BCUT2D eigenvalue weighted by molar-refractivity contribution is 0.0696. The second-order valence-electron chi connectivity index (χ2n) is 6.94. The SMILES string of the molecule is O=C(O)c1ccc(N2C(=O)c3[nH]nc(-c4ccccc4)c3[C@H]2c2cccnc2)cc1. The van der Waals surface area contributed by atoms with Gasteiger partial charge in [0, 0.05) is 29.2 Å². The van der Waals surface area contributed by atoms with Crippen LogP contribution in [-0.2, 0) is 0 Å². The van der Waals surface area contributed by atoms with Crippen molar-refractivity contribution in [2.45, 2.75) is 6.04 Å². The number of aromatic carboxylic acids is 1. The highest BCUT2D eigenvalue weighted by Gasteiger charge is 2.43. The molecule has 5 rings (SSSR count). The second-order valence-corrected chi connectivity index (χ2v) is 6.94. The van der Waals surface area contributed by atoms with E-state index < -0.39 is 12.0 Å². The highest BCUT2D eigenvalue weighted by molar-refractivity contribution is 6.11. The molecule has 0 fully saturated rings. The molecule has 0 radical (unpaired) electrons. The van der Waals surface area contributed by atoms with Crippen molar-refractivity contribution < 1.29 is 14.7 Å². The number of carbonyl (C=O) groups excluding carboxylic acids is 1. The van der Waals surface area contributed by atoms with Gasteiger partial charge in [-0.1, -0.05) is 36.4 Å². The zero-order valence-corrected chi connectivity index (χ0v) is 15.7. The quantitative estimate of drug-likeness (QED) is 0.545. The van der Waals surface area contributed by atoms with Crippen LogP contribution in [0.3, 0.4) is 0 Å². The molecule has 0 saturated carbocycles. The summed E-state index contributed by atoms with van der Waals surface area (Å²) in [6.45, 7) is 0. The lowest BCUT2D eigenvalue weighted by Crippen LogP contribution is -2.29. The fraction of sp³-hybridized carbons (Fsp3) is 0.0435. The molecule has 0 unspecified atom stereocenters. The van der Waals surface area contributed by atoms with Crippen LogP contribution in [0.2, 0.25) is 0 Å². The molecule has 0 bridgehead atoms. The number of carboxylic acids is 1. The maximum atomic E-state index is 13.4. The van der Waals surface area contributed by atoms with Crippen LogP contribution < -0.4 is 4.90 Å². The summed E-state index contributed by atoms with van der Waals surface area (Å²) in [5.41, 5.74) is 4.41. The van der Waals surface area contributed by atoms with Gasteiger partial charge in [0.1, 0.15) is 5.69 Å². The number of fused-ring (bicyclic) bond motifs is 1. The molecule has 7 heteroatoms. The number of hydrogen-bond acceptors (Lipinski definition) is 4. The molecule has 1 aliphatic rings. The van der Waals surface area contributed by atoms with E-state index in [1.807, 2.05) is 42.5 Å². The standard InChI is InChI=1S/C23H16N4O3/c28-22-20-18(19(25-26-20)14-5-2-1-3-6-14)21(16-7-4-12-24-13-16)27(22)17-10-8-15(9-11-17)23(29)30/h1-13,21H,(H,25,26)(H,29,30)/t21-/m1/s1. The second kappa shape index (κ2) is 6.97. The van der Waals surface area contributed by atoms with Gasteiger partial charge in [-0.3, -0.25) is 19.8 Å². The van der Waals surface area contributed by atoms with Gasteiger partial charge in [-0.25, -0.2) is 4.79 Å². The number of pyridine rings is 1. The molecule has 1 amide bonds. The number of anilines is 1. The minimum Gasteiger partial charge on any atom is -0.478 e. The lowest BCUT2D eigenvalue weighted by Gasteiger charge is -2.26. The molecule has 146 valence electrons. The molecular weight excluding hydrogens is 380 g/mol. The number of benzene rings is 2. The van der Waals surface area contributed by atoms with E-state index in [2.05, 4.69) is 15.2 Å². The third-order valence-electron chi connectivity index (χ3n) is 5.21. The van der Waals surface area contributed by atoms with Crippen LogP contribution in [0.15, 0.2) is 79.1 Å². The minimum atomic E-state index is -1.01. The first-order valence-electron chi connectivity index (χ1n) is 9.35. The molecule has 2 N–H and O–H groups in total. The van der Waals surface area contributed by atoms with Crippen molar-refractivity contribution >= 4 is 17.6 Å². The van der Waals surface area contributed by atoms with Crippen LogP contribution in [0, 0.1) is 0 Å². The Kier molecular flexibility index (Phi) is 4.14. The zero-order valence-electron chi connectivity index (χ0n) is 15.7. The Morgan fingerprint density at radius 2 is 1.77 bits per heavy atom. The van der Waals surface area contributed by atoms with Gasteiger partial charge < -0.3 is 5.11 Å². The normalized spacial score (nSPS) is 15.3. The average Bonchev–Trinajstić information content (AvgIpc) is 3.34. The number of amides is 1. The molecule has 30 heavy (non-hydrogen) atoms. The van der Waals surface area contributed by atoms with Gasteiger partial charge in [-0.2, -0.15) is 5.10 Å². The van der Waals surface area contributed by atoms with E-state index in [0.717, 1.165) is 16.7 Å². The van der Waals surface area contributed by atoms with E-state index in [0.29, 0.717) is 17.1 Å². The maximum absolute atomic E-state index is 13.4. The van der Waals surface area contributed by atoms with Crippen molar-refractivity contribution in [2.24, 2.45) is 0 Å². The average molecular weight is 396 g/mol. The Hall–Kier alpha value is -4.26. The summed E-state index contributed by atoms with van der Waals surface area (Å²) in [5, 5.41) is 16.5. The monoisotopic (exact) mass is 396 g/mol. The number of nitrogens with one attached hydrogen (secondary N) is 1. The van der Waals surface area contributed by atoms with E-state index in [-0.39, 0.29) is 11.5 Å². The van der Waals surface area contributed by atoms with E-state index in [9.17, 15) is 14.7 Å². The fourth-order valence-corrected chi connectivity index (χ4v) is 3.85. The predicted octanol–water partition coefficient (Wildman–Crippen LogP) is 3.92. The third kappa shape index (κ3) is 2.76. The van der Waals surface area contributed by atoms with E-state index in [1.165, 1.54) is 12.1 Å². The molecule has 0 spiro atoms. The van der Waals surface area contributed by atoms with Crippen LogP contribution in [0.5, 0.6) is 0 Å². The molecular formula is C23H16N4O3. The first kappa shape index (κ1) is 17.8. The molecule has 4 aromatic rings. The Morgan fingerprint density at radius 1 is 1.00 bits per heavy atom. The topological polar surface area (TPSA) is 99.2 Å². The highest BCUT2D eigenvalue weighted by atomic mass is 16.4. The number of carbonyl (C=O) groups is 2. The zero-order chi connectivity index (χ0) is 20.7. The smallest absolute Gasteiger partial charge is 0.335 e. The number of aromatic amines is 1. The predicted molar refractivity (Wildman–Crippen MR) is 110 cm³/mol. The van der Waals surface area contributed by atoms with Crippen molar-refractivity contribution in [1.82, 2.24) is 15.2 Å². The minimum absolute atomic E-state index is 0.161. The van der Waals surface area contributed by atoms with Crippen molar-refractivity contribution in [3.63, 3.8) is 0 Å². The van der Waals surface area contributed by atoms with Gasteiger partial charge in [0.2, 0.25) is 0 Å². The Morgan fingerprint density at radius 3 is 2.43 bits per heavy atom. The summed E-state index contributed by atoms with van der Waals surface area (Å²) in [5.74, 6) is -1.24. The summed E-state index contributed by atoms with van der Waals surface area (Å²) >= 11 is 0. The van der Waals surface area contributed by atoms with E-state index in [1.54, 1.807) is 29.4 Å². The lowest BCUT2D eigenvalue weighted by atomic mass is 9.97. The van der Waals surface area contributed by atoms with Crippen molar-refractivity contribution in [3.8, 4) is 11.3 Å². The van der Waals surface area contributed by atoms with Gasteiger partial charge >= 0.3 is 5.97 Å². The van der Waals surface area contributed by atoms with Gasteiger partial charge in [0.05, 0.1) is 17.3 Å². The molecule has 0 saturated heterocycles. The van der Waals surface area contributed by atoms with Crippen molar-refractivity contribution in [1.29, 1.82) is 0 Å². The summed E-state index contributed by atoms with van der Waals surface area (Å²) in [6.07, 6.45) is 3.41. The van der Waals surface area contributed by atoms with Gasteiger partial charge in [-0.05, 0) is 35.9 Å². The number of hydrogen-bond donors (Lipinski definition) is 2. The summed E-state index contributed by atoms with van der Waals surface area (Å²) in [7, 11) is 0. The summed E-state index contributed by atoms with van der Waals surface area (Å²) in [4.78, 5) is 30.5. The number of rotatable bonds is 4. The Balaban J connectivity index is 1.69. The van der Waals surface area contributed by atoms with Gasteiger partial charge in [0.25, 0.3) is 5.91 Å². The highest BCUT2D eigenvalue weighted by Crippen LogP contribution is 2.44. The largest absolute Gasteiger partial charge is 0.478 e. The molecule has 1 atom stereocenters. The number of carboxylic acid groups (broad SMARTS) is 1. The molecule has 7 nitrogen and oxygen atoms in total. The van der Waals surface area contributed by atoms with Crippen LogP contribution in [0.4, 0.5) is 5.69 Å². The molecule has 3 heterocycles. The van der Waals surface area contributed by atoms with Crippen molar-refractivity contribution in [3.05, 3.63) is 102 Å². The molecule has 0 aliphatic carbocycles. The Bertz CT molecular complexity index is 1230. The first-order chi connectivity index (χ1) is 14.6. The number of aromatic nitrogens is 3. The molecule has 2 aromatic heterocycles. The van der Waals surface area contributed by atoms with Gasteiger partial charge in [0.15, 0.2) is 0 Å². The van der Waals surface area contributed by atoms with Crippen molar-refractivity contribution in [2.75, 3.05) is 4.90 Å². The van der Waals surface area contributed by atoms with Crippen LogP contribution in [0.1, 0.15) is 38.0 Å². The van der Waals surface area contributed by atoms with Crippen LogP contribution in [-0.4, -0.2) is 32.2 Å². The van der Waals surface area contributed by atoms with E-state index >= 15 is 0 Å². The fourth-order valence-electron chi connectivity index (χ4n) is 3.85. The number of H-pyrrole nitrogens is 1. The summed E-state index contributed by atoms with van der Waals surface area (Å²) in [6, 6.07) is 19.3. The maximum Gasteiger partial charge on any atom is 0.335 e. The van der Waals surface area contributed by atoms with Gasteiger partial charge in [-0.15, -0.1) is 0 Å².